The smallest absolute Gasteiger partial charge is 0.264 e. The van der Waals surface area contributed by atoms with E-state index in [4.69, 9.17) is 4.74 Å². The molecule has 0 radical (unpaired) electrons. The minimum atomic E-state index is -4.00. The molecular formula is C27H27F2NO4S. The molecule has 184 valence electrons. The number of anilines is 1. The Hall–Kier alpha value is -3.26. The minimum Gasteiger partial charge on any atom is -0.486 e. The van der Waals surface area contributed by atoms with Gasteiger partial charge in [0.15, 0.2) is 0 Å². The van der Waals surface area contributed by atoms with Gasteiger partial charge in [-0.3, -0.25) is 9.10 Å². The molecule has 5 nitrogen and oxygen atoms in total. The molecule has 8 heteroatoms. The number of hydrogen-bond acceptors (Lipinski definition) is 4. The number of ketones is 1. The third-order valence-electron chi connectivity index (χ3n) is 6.06. The Morgan fingerprint density at radius 3 is 2.57 bits per heavy atom. The van der Waals surface area contributed by atoms with Crippen LogP contribution in [0.3, 0.4) is 0 Å². The zero-order valence-corrected chi connectivity index (χ0v) is 20.6. The van der Waals surface area contributed by atoms with Crippen LogP contribution in [0.25, 0.3) is 11.1 Å². The molecule has 0 aliphatic carbocycles. The number of sulfonamides is 1. The standard InChI is InChI=1S/C27H27F2NO4S/c1-17(2)26(31)11-9-21-16-30(35(32,33)22-6-4-5-18(3)13-22)25-14-19(7-12-27(25)34-21)23-15-20(28)8-10-24(23)29/h4-8,10,12-15,17,21H,9,11,16H2,1-3H3/t21-/m0/s1. The molecule has 0 N–H and O–H groups in total. The summed E-state index contributed by atoms with van der Waals surface area (Å²) in [5.41, 5.74) is 1.36. The molecule has 0 amide bonds. The van der Waals surface area contributed by atoms with Gasteiger partial charge in [0.25, 0.3) is 10.0 Å². The van der Waals surface area contributed by atoms with Gasteiger partial charge in [-0.25, -0.2) is 17.2 Å². The number of carbonyl (C=O) groups is 1. The normalized spacial score (nSPS) is 15.6. The maximum Gasteiger partial charge on any atom is 0.264 e. The van der Waals surface area contributed by atoms with Crippen LogP contribution in [0.1, 0.15) is 32.3 Å². The molecule has 0 saturated heterocycles. The Bertz CT molecular complexity index is 1370. The van der Waals surface area contributed by atoms with Crippen molar-refractivity contribution in [1.82, 2.24) is 0 Å². The highest BCUT2D eigenvalue weighted by atomic mass is 32.2. The Labute approximate surface area is 204 Å². The van der Waals surface area contributed by atoms with Gasteiger partial charge in [-0.1, -0.05) is 32.0 Å². The van der Waals surface area contributed by atoms with E-state index in [2.05, 4.69) is 0 Å². The zero-order valence-electron chi connectivity index (χ0n) is 19.8. The average Bonchev–Trinajstić information content (AvgIpc) is 2.83. The molecular weight excluding hydrogens is 472 g/mol. The van der Waals surface area contributed by atoms with Gasteiger partial charge in [0, 0.05) is 17.9 Å². The SMILES string of the molecule is Cc1cccc(S(=O)(=O)N2C[C@H](CCC(=O)C(C)C)Oc3ccc(-c4cc(F)ccc4F)cc32)c1. The molecule has 0 unspecified atom stereocenters. The fraction of sp³-hybridized carbons (Fsp3) is 0.296. The summed E-state index contributed by atoms with van der Waals surface area (Å²) < 4.78 is 63.1. The minimum absolute atomic E-state index is 0.0102. The van der Waals surface area contributed by atoms with Gasteiger partial charge < -0.3 is 4.74 Å². The van der Waals surface area contributed by atoms with Crippen molar-refractivity contribution in [2.45, 2.75) is 44.6 Å². The lowest BCUT2D eigenvalue weighted by Crippen LogP contribution is -2.43. The van der Waals surface area contributed by atoms with Crippen LogP contribution in [0, 0.1) is 24.5 Å². The van der Waals surface area contributed by atoms with Crippen molar-refractivity contribution in [2.24, 2.45) is 5.92 Å². The molecule has 4 rings (SSSR count). The van der Waals surface area contributed by atoms with Crippen molar-refractivity contribution in [3.05, 3.63) is 77.9 Å². The first-order chi connectivity index (χ1) is 16.6. The first-order valence-electron chi connectivity index (χ1n) is 11.4. The highest BCUT2D eigenvalue weighted by Crippen LogP contribution is 2.41. The van der Waals surface area contributed by atoms with Gasteiger partial charge in [0.2, 0.25) is 0 Å². The molecule has 1 aliphatic rings. The summed E-state index contributed by atoms with van der Waals surface area (Å²) in [4.78, 5) is 12.3. The molecule has 1 atom stereocenters. The highest BCUT2D eigenvalue weighted by Gasteiger charge is 2.35. The maximum absolute atomic E-state index is 14.5. The second-order valence-electron chi connectivity index (χ2n) is 9.06. The van der Waals surface area contributed by atoms with E-state index in [1.165, 1.54) is 16.4 Å². The monoisotopic (exact) mass is 499 g/mol. The number of nitrogens with zero attached hydrogens (tertiary/aromatic N) is 1. The van der Waals surface area contributed by atoms with Crippen molar-refractivity contribution < 1.29 is 26.7 Å². The summed E-state index contributed by atoms with van der Waals surface area (Å²) in [7, 11) is -4.00. The van der Waals surface area contributed by atoms with Crippen molar-refractivity contribution in [3.63, 3.8) is 0 Å². The van der Waals surface area contributed by atoms with E-state index in [1.54, 1.807) is 37.3 Å². The lowest BCUT2D eigenvalue weighted by Gasteiger charge is -2.36. The third kappa shape index (κ3) is 5.22. The topological polar surface area (TPSA) is 63.7 Å². The Morgan fingerprint density at radius 1 is 1.09 bits per heavy atom. The van der Waals surface area contributed by atoms with Crippen molar-refractivity contribution in [2.75, 3.05) is 10.8 Å². The van der Waals surface area contributed by atoms with E-state index in [1.807, 2.05) is 13.8 Å². The van der Waals surface area contributed by atoms with Crippen molar-refractivity contribution in [1.29, 1.82) is 0 Å². The van der Waals surface area contributed by atoms with Crippen LogP contribution in [0.2, 0.25) is 0 Å². The molecule has 0 fully saturated rings. The predicted octanol–water partition coefficient (Wildman–Crippen LogP) is 5.90. The van der Waals surface area contributed by atoms with Crippen molar-refractivity contribution in [3.8, 4) is 16.9 Å². The number of halogens is 2. The lowest BCUT2D eigenvalue weighted by atomic mass is 10.0. The van der Waals surface area contributed by atoms with Gasteiger partial charge in [0.1, 0.15) is 29.3 Å². The first kappa shape index (κ1) is 24.9. The third-order valence-corrected chi connectivity index (χ3v) is 7.84. The molecule has 0 bridgehead atoms. The Kier molecular flexibility index (Phi) is 6.94. The number of hydrogen-bond donors (Lipinski definition) is 0. The second kappa shape index (κ2) is 9.77. The van der Waals surface area contributed by atoms with Crippen LogP contribution in [0.15, 0.2) is 65.6 Å². The van der Waals surface area contributed by atoms with E-state index in [9.17, 15) is 22.0 Å². The number of aryl methyl sites for hydroxylation is 1. The fourth-order valence-corrected chi connectivity index (χ4v) is 5.68. The largest absolute Gasteiger partial charge is 0.486 e. The van der Waals surface area contributed by atoms with E-state index < -0.39 is 27.8 Å². The summed E-state index contributed by atoms with van der Waals surface area (Å²) in [6.07, 6.45) is 0.0839. The molecule has 3 aromatic carbocycles. The lowest BCUT2D eigenvalue weighted by molar-refractivity contribution is -0.122. The molecule has 0 spiro atoms. The number of benzene rings is 3. The molecule has 1 heterocycles. The van der Waals surface area contributed by atoms with Gasteiger partial charge in [-0.2, -0.15) is 0 Å². The summed E-state index contributed by atoms with van der Waals surface area (Å²) in [5.74, 6) is -0.975. The summed E-state index contributed by atoms with van der Waals surface area (Å²) >= 11 is 0. The maximum atomic E-state index is 14.5. The Balaban J connectivity index is 1.78. The first-order valence-corrected chi connectivity index (χ1v) is 12.9. The number of Topliss-reactive ketones (excluding diaryl/α,β-unsaturated/α-hetero) is 1. The van der Waals surface area contributed by atoms with E-state index in [-0.39, 0.29) is 40.8 Å². The van der Waals surface area contributed by atoms with E-state index in [0.29, 0.717) is 17.7 Å². The van der Waals surface area contributed by atoms with Crippen LogP contribution >= 0.6 is 0 Å². The van der Waals surface area contributed by atoms with E-state index >= 15 is 0 Å². The zero-order chi connectivity index (χ0) is 25.3. The van der Waals surface area contributed by atoms with Crippen molar-refractivity contribution >= 4 is 21.5 Å². The summed E-state index contributed by atoms with van der Waals surface area (Å²) in [6.45, 7) is 5.43. The van der Waals surface area contributed by atoms with Gasteiger partial charge in [-0.05, 0) is 66.9 Å². The van der Waals surface area contributed by atoms with Crippen LogP contribution in [0.5, 0.6) is 5.75 Å². The Morgan fingerprint density at radius 2 is 1.86 bits per heavy atom. The quantitative estimate of drug-likeness (QED) is 0.406. The van der Waals surface area contributed by atoms with Crippen LogP contribution in [0.4, 0.5) is 14.5 Å². The molecule has 1 aliphatic heterocycles. The highest BCUT2D eigenvalue weighted by molar-refractivity contribution is 7.92. The number of rotatable bonds is 7. The molecule has 35 heavy (non-hydrogen) atoms. The van der Waals surface area contributed by atoms with Gasteiger partial charge in [0.05, 0.1) is 17.1 Å². The predicted molar refractivity (Wildman–Crippen MR) is 131 cm³/mol. The van der Waals surface area contributed by atoms with Crippen LogP contribution < -0.4 is 9.04 Å². The summed E-state index contributed by atoms with van der Waals surface area (Å²) in [6, 6.07) is 14.3. The number of fused-ring (bicyclic) bond motifs is 1. The van der Waals surface area contributed by atoms with Gasteiger partial charge >= 0.3 is 0 Å². The van der Waals surface area contributed by atoms with Crippen LogP contribution in [-0.2, 0) is 14.8 Å². The second-order valence-corrected chi connectivity index (χ2v) is 10.9. The van der Waals surface area contributed by atoms with E-state index in [0.717, 1.165) is 23.8 Å². The molecule has 0 saturated carbocycles. The number of ether oxygens (including phenoxy) is 1. The summed E-state index contributed by atoms with van der Waals surface area (Å²) in [5, 5.41) is 0. The number of carbonyl (C=O) groups excluding carboxylic acids is 1. The molecule has 0 aromatic heterocycles. The van der Waals surface area contributed by atoms with Crippen LogP contribution in [-0.4, -0.2) is 26.8 Å². The molecule has 3 aromatic rings. The fourth-order valence-electron chi connectivity index (χ4n) is 4.07. The van der Waals surface area contributed by atoms with Gasteiger partial charge in [-0.15, -0.1) is 0 Å². The average molecular weight is 500 g/mol.